The molecule has 9 N–H and O–H groups in total. The number of rotatable bonds is 4. The summed E-state index contributed by atoms with van der Waals surface area (Å²) in [6.45, 7) is 3.14. The average molecular weight is 175 g/mol. The van der Waals surface area contributed by atoms with Crippen LogP contribution in [-0.4, -0.2) is 18.3 Å². The molecule has 7 nitrogen and oxygen atoms in total. The molecule has 0 aromatic rings. The minimum absolute atomic E-state index is 0.236. The van der Waals surface area contributed by atoms with Gasteiger partial charge in [0.25, 0.3) is 0 Å². The van der Waals surface area contributed by atoms with Crippen LogP contribution in [-0.2, 0) is 9.63 Å². The molecule has 0 heterocycles. The van der Waals surface area contributed by atoms with Crippen LogP contribution in [0.25, 0.3) is 0 Å². The molecule has 12 heavy (non-hydrogen) atoms. The third kappa shape index (κ3) is 3.88. The fourth-order valence-electron chi connectivity index (χ4n) is 0.266. The maximum Gasteiger partial charge on any atom is 0.372 e. The molecule has 0 aromatic carbocycles. The van der Waals surface area contributed by atoms with Crippen molar-refractivity contribution in [2.24, 2.45) is 22.9 Å². The zero-order valence-electron chi connectivity index (χ0n) is 6.49. The third-order valence-corrected chi connectivity index (χ3v) is 0.965. The molecular weight excluding hydrogens is 162 g/mol. The lowest BCUT2D eigenvalue weighted by molar-refractivity contribution is -0.148. The molecule has 0 aliphatic heterocycles. The second-order valence-corrected chi connectivity index (χ2v) is 2.14. The van der Waals surface area contributed by atoms with E-state index in [0.29, 0.717) is 0 Å². The molecule has 0 rings (SSSR count). The fourth-order valence-corrected chi connectivity index (χ4v) is 0.266. The molecule has 0 saturated carbocycles. The lowest BCUT2D eigenvalue weighted by atomic mass is 10.4. The highest BCUT2D eigenvalue weighted by Crippen LogP contribution is 1.82. The van der Waals surface area contributed by atoms with Crippen LogP contribution in [0.2, 0.25) is 0 Å². The van der Waals surface area contributed by atoms with Crippen molar-refractivity contribution in [1.29, 1.82) is 0 Å². The van der Waals surface area contributed by atoms with Gasteiger partial charge in [0, 0.05) is 0 Å². The number of hydrogen-bond donors (Lipinski definition) is 5. The van der Waals surface area contributed by atoms with Gasteiger partial charge in [0.2, 0.25) is 0 Å². The van der Waals surface area contributed by atoms with Crippen LogP contribution < -0.4 is 28.4 Å². The van der Waals surface area contributed by atoms with Crippen molar-refractivity contribution in [2.45, 2.75) is 12.3 Å². The zero-order chi connectivity index (χ0) is 9.72. The minimum atomic E-state index is -0.840. The van der Waals surface area contributed by atoms with Gasteiger partial charge in [0.1, 0.15) is 11.9 Å². The third-order valence-electron chi connectivity index (χ3n) is 0.965. The highest BCUT2D eigenvalue weighted by Gasteiger charge is 2.11. The van der Waals surface area contributed by atoms with E-state index >= 15 is 0 Å². The maximum atomic E-state index is 10.6. The molecule has 0 bridgehead atoms. The van der Waals surface area contributed by atoms with Gasteiger partial charge in [-0.3, -0.25) is 0 Å². The van der Waals surface area contributed by atoms with Crippen LogP contribution >= 0.6 is 0 Å². The highest BCUT2D eigenvalue weighted by atomic mass is 16.7. The summed E-state index contributed by atoms with van der Waals surface area (Å²) in [5.41, 5.74) is 22.4. The summed E-state index contributed by atoms with van der Waals surface area (Å²) >= 11 is 0. The number of nitrogens with one attached hydrogen (secondary N) is 1. The van der Waals surface area contributed by atoms with Crippen molar-refractivity contribution in [1.82, 2.24) is 5.48 Å². The first-order valence-electron chi connectivity index (χ1n) is 3.13. The predicted octanol–water partition coefficient (Wildman–Crippen LogP) is -2.97. The molecule has 0 aliphatic carbocycles. The smallest absolute Gasteiger partial charge is 0.372 e. The second-order valence-electron chi connectivity index (χ2n) is 2.14. The Hall–Kier alpha value is -1.15. The minimum Gasteiger partial charge on any atom is -0.393 e. The van der Waals surface area contributed by atoms with Crippen LogP contribution in [0.15, 0.2) is 12.3 Å². The van der Waals surface area contributed by atoms with E-state index in [1.165, 1.54) is 0 Å². The molecule has 0 amide bonds. The number of carbonyl (C=O) groups excluding carboxylic acids is 1. The van der Waals surface area contributed by atoms with Crippen LogP contribution in [0, 0.1) is 0 Å². The van der Waals surface area contributed by atoms with E-state index in [9.17, 15) is 4.79 Å². The topological polar surface area (TPSA) is 142 Å². The average Bonchev–Trinajstić information content (AvgIpc) is 1.98. The number of hydroxylamine groups is 1. The Morgan fingerprint density at radius 3 is 2.25 bits per heavy atom. The van der Waals surface area contributed by atoms with Gasteiger partial charge in [-0.05, 0) is 0 Å². The summed E-state index contributed by atoms with van der Waals surface area (Å²) < 4.78 is 0. The molecule has 70 valence electrons. The first-order chi connectivity index (χ1) is 5.45. The first kappa shape index (κ1) is 10.8. The Morgan fingerprint density at radius 2 is 1.92 bits per heavy atom. The van der Waals surface area contributed by atoms with Gasteiger partial charge in [-0.1, -0.05) is 6.58 Å². The summed E-state index contributed by atoms with van der Waals surface area (Å²) in [5, 5.41) is 0. The summed E-state index contributed by atoms with van der Waals surface area (Å²) in [5.74, 6) is -0.814. The van der Waals surface area contributed by atoms with Crippen LogP contribution in [0.1, 0.15) is 0 Å². The van der Waals surface area contributed by atoms with Crippen molar-refractivity contribution in [3.8, 4) is 0 Å². The van der Waals surface area contributed by atoms with Gasteiger partial charge in [-0.25, -0.2) is 4.79 Å². The predicted molar refractivity (Wildman–Crippen MR) is 42.7 cm³/mol. The van der Waals surface area contributed by atoms with E-state index in [1.54, 1.807) is 0 Å². The Labute approximate surface area is 69.6 Å². The van der Waals surface area contributed by atoms with E-state index in [4.69, 9.17) is 22.9 Å². The van der Waals surface area contributed by atoms with Gasteiger partial charge < -0.3 is 27.8 Å². The van der Waals surface area contributed by atoms with E-state index in [0.717, 1.165) is 0 Å². The summed E-state index contributed by atoms with van der Waals surface area (Å²) in [7, 11) is 0. The van der Waals surface area contributed by atoms with Crippen LogP contribution in [0.5, 0.6) is 0 Å². The van der Waals surface area contributed by atoms with Crippen molar-refractivity contribution in [2.75, 3.05) is 0 Å². The van der Waals surface area contributed by atoms with Crippen molar-refractivity contribution in [3.63, 3.8) is 0 Å². The molecule has 0 aromatic heterocycles. The highest BCUT2D eigenvalue weighted by molar-refractivity contribution is 5.86. The van der Waals surface area contributed by atoms with E-state index in [-0.39, 0.29) is 5.70 Å². The largest absolute Gasteiger partial charge is 0.393 e. The van der Waals surface area contributed by atoms with Gasteiger partial charge >= 0.3 is 5.97 Å². The monoisotopic (exact) mass is 175 g/mol. The normalized spacial score (nSPS) is 12.7. The fraction of sp³-hybridized carbons (Fsp3) is 0.400. The zero-order valence-corrected chi connectivity index (χ0v) is 6.49. The molecular formula is C5H13N5O2. The summed E-state index contributed by atoms with van der Waals surface area (Å²) in [4.78, 5) is 15.0. The summed E-state index contributed by atoms with van der Waals surface area (Å²) in [6.07, 6.45) is -1.67. The molecule has 0 saturated heterocycles. The molecule has 0 aliphatic rings. The number of nitrogens with two attached hydrogens (primary N) is 4. The number of hydrogen-bond acceptors (Lipinski definition) is 7. The van der Waals surface area contributed by atoms with Crippen LogP contribution in [0.4, 0.5) is 0 Å². The van der Waals surface area contributed by atoms with Gasteiger partial charge in [-0.2, -0.15) is 0 Å². The van der Waals surface area contributed by atoms with Crippen molar-refractivity contribution in [3.05, 3.63) is 12.3 Å². The standard InChI is InChI=1S/C5H13N5O2/c1-2(6)5(11)12-10-4(9)3(7)8/h3-4,10H,1,6-9H2. The second kappa shape index (κ2) is 4.67. The number of carbonyl (C=O) groups is 1. The quantitative estimate of drug-likeness (QED) is 0.174. The van der Waals surface area contributed by atoms with Crippen LogP contribution in [0.3, 0.4) is 0 Å². The molecule has 0 spiro atoms. The summed E-state index contributed by atoms with van der Waals surface area (Å²) in [6, 6.07) is 0. The maximum absolute atomic E-state index is 10.6. The van der Waals surface area contributed by atoms with Gasteiger partial charge in [-0.15, -0.1) is 5.48 Å². The first-order valence-corrected chi connectivity index (χ1v) is 3.13. The Balaban J connectivity index is 3.69. The Bertz CT molecular complexity index is 181. The van der Waals surface area contributed by atoms with E-state index in [2.05, 4.69) is 16.9 Å². The Kier molecular flexibility index (Phi) is 4.22. The lowest BCUT2D eigenvalue weighted by Gasteiger charge is -2.15. The molecule has 0 radical (unpaired) electrons. The molecule has 1 unspecified atom stereocenters. The van der Waals surface area contributed by atoms with Crippen molar-refractivity contribution < 1.29 is 9.63 Å². The SMILES string of the molecule is C=C(N)C(=O)ONC(N)C(N)N. The van der Waals surface area contributed by atoms with Crippen molar-refractivity contribution >= 4 is 5.97 Å². The van der Waals surface area contributed by atoms with E-state index < -0.39 is 18.3 Å². The molecule has 1 atom stereocenters. The van der Waals surface area contributed by atoms with Gasteiger partial charge in [0.05, 0.1) is 6.17 Å². The van der Waals surface area contributed by atoms with Gasteiger partial charge in [0.15, 0.2) is 0 Å². The van der Waals surface area contributed by atoms with E-state index in [1.807, 2.05) is 0 Å². The Morgan fingerprint density at radius 1 is 1.42 bits per heavy atom. The lowest BCUT2D eigenvalue weighted by Crippen LogP contribution is -2.56. The molecule has 0 fully saturated rings. The molecule has 7 heteroatoms.